The van der Waals surface area contributed by atoms with Crippen LogP contribution in [-0.4, -0.2) is 40.9 Å². The molecule has 51 heavy (non-hydrogen) atoms. The van der Waals surface area contributed by atoms with Crippen molar-refractivity contribution < 1.29 is 35.9 Å². The van der Waals surface area contributed by atoms with E-state index < -0.39 is 35.2 Å². The third-order valence-corrected chi connectivity index (χ3v) is 8.01. The van der Waals surface area contributed by atoms with Crippen molar-refractivity contribution in [2.75, 3.05) is 11.1 Å². The normalized spacial score (nSPS) is 12.2. The van der Waals surface area contributed by atoms with E-state index in [-0.39, 0.29) is 34.2 Å². The molecule has 0 spiro atoms. The molecule has 4 heterocycles. The second-order valence-electron chi connectivity index (χ2n) is 12.7. The van der Waals surface area contributed by atoms with Gasteiger partial charge in [-0.3, -0.25) is 5.32 Å². The molecule has 3 N–H and O–H groups in total. The van der Waals surface area contributed by atoms with E-state index in [4.69, 9.17) is 10.5 Å². The number of nitrogen functional groups attached to an aromatic ring is 1. The summed E-state index contributed by atoms with van der Waals surface area (Å²) in [6.45, 7) is 12.1. The van der Waals surface area contributed by atoms with Crippen molar-refractivity contribution in [3.05, 3.63) is 94.3 Å². The molecule has 0 saturated carbocycles. The lowest BCUT2D eigenvalue weighted by Crippen LogP contribution is -2.27. The molecule has 4 aromatic heterocycles. The van der Waals surface area contributed by atoms with Crippen molar-refractivity contribution in [2.45, 2.75) is 66.4 Å². The maximum absolute atomic E-state index is 13.5. The molecule has 0 atom stereocenters. The Bertz CT molecular complexity index is 2270. The molecule has 16 heteroatoms. The lowest BCUT2D eigenvalue weighted by molar-refractivity contribution is -0.137. The van der Waals surface area contributed by atoms with Gasteiger partial charge in [0.1, 0.15) is 11.4 Å². The molecule has 0 radical (unpaired) electrons. The third kappa shape index (κ3) is 7.44. The van der Waals surface area contributed by atoms with Crippen LogP contribution < -0.4 is 11.1 Å². The highest BCUT2D eigenvalue weighted by Crippen LogP contribution is 2.39. The van der Waals surface area contributed by atoms with Crippen LogP contribution in [0.3, 0.4) is 0 Å². The predicted molar refractivity (Wildman–Crippen MR) is 180 cm³/mol. The number of alkyl halides is 6. The van der Waals surface area contributed by atoms with Gasteiger partial charge >= 0.3 is 18.4 Å². The summed E-state index contributed by atoms with van der Waals surface area (Å²) in [6.07, 6.45) is -6.86. The maximum atomic E-state index is 13.5. The number of ether oxygens (including phenoxy) is 1. The zero-order chi connectivity index (χ0) is 37.6. The highest BCUT2D eigenvalue weighted by molar-refractivity contribution is 5.84. The fourth-order valence-corrected chi connectivity index (χ4v) is 5.34. The van der Waals surface area contributed by atoms with Crippen LogP contribution in [0.4, 0.5) is 42.8 Å². The van der Waals surface area contributed by atoms with Crippen molar-refractivity contribution in [1.82, 2.24) is 29.2 Å². The number of fused-ring (bicyclic) bond motifs is 2. The van der Waals surface area contributed by atoms with Crippen molar-refractivity contribution in [3.8, 4) is 22.5 Å². The Kier molecular flexibility index (Phi) is 9.49. The van der Waals surface area contributed by atoms with Crippen molar-refractivity contribution >= 4 is 29.0 Å². The Morgan fingerprint density at radius 1 is 0.686 bits per heavy atom. The van der Waals surface area contributed by atoms with Gasteiger partial charge in [0, 0.05) is 11.1 Å². The predicted octanol–water partition coefficient (Wildman–Crippen LogP) is 8.99. The number of halogens is 6. The molecule has 6 aromatic rings. The number of amides is 1. The Labute approximate surface area is 288 Å². The summed E-state index contributed by atoms with van der Waals surface area (Å²) in [4.78, 5) is 20.5. The zero-order valence-corrected chi connectivity index (χ0v) is 28.6. The van der Waals surface area contributed by atoms with Gasteiger partial charge in [0.25, 0.3) is 0 Å². The number of rotatable bonds is 3. The highest BCUT2D eigenvalue weighted by Gasteiger charge is 2.35. The van der Waals surface area contributed by atoms with E-state index in [9.17, 15) is 31.1 Å². The number of carbonyl (C=O) groups is 1. The molecule has 0 aliphatic heterocycles. The second kappa shape index (κ2) is 13.2. The Balaban J connectivity index is 0.000000205. The van der Waals surface area contributed by atoms with Gasteiger partial charge in [0.15, 0.2) is 17.1 Å². The molecule has 1 amide bonds. The summed E-state index contributed by atoms with van der Waals surface area (Å²) >= 11 is 0. The van der Waals surface area contributed by atoms with Crippen molar-refractivity contribution in [3.63, 3.8) is 0 Å². The van der Waals surface area contributed by atoms with Crippen LogP contribution in [-0.2, 0) is 17.1 Å². The largest absolute Gasteiger partial charge is 0.444 e. The smallest absolute Gasteiger partial charge is 0.417 e. The van der Waals surface area contributed by atoms with Crippen molar-refractivity contribution in [1.29, 1.82) is 0 Å². The minimum atomic E-state index is -4.53. The van der Waals surface area contributed by atoms with Gasteiger partial charge in [-0.15, -0.1) is 0 Å². The van der Waals surface area contributed by atoms with Crippen LogP contribution in [0.1, 0.15) is 54.2 Å². The van der Waals surface area contributed by atoms with E-state index in [1.54, 1.807) is 54.5 Å². The number of benzene rings is 2. The first-order valence-electron chi connectivity index (χ1n) is 15.5. The minimum absolute atomic E-state index is 0.0330. The number of nitrogens with one attached hydrogen (secondary N) is 1. The summed E-state index contributed by atoms with van der Waals surface area (Å²) < 4.78 is 88.1. The average Bonchev–Trinajstić information content (AvgIpc) is 3.62. The number of hydrogen-bond donors (Lipinski definition) is 2. The second-order valence-corrected chi connectivity index (χ2v) is 12.7. The summed E-state index contributed by atoms with van der Waals surface area (Å²) in [6, 6.07) is 10.6. The number of nitrogens with two attached hydrogens (primary N) is 1. The summed E-state index contributed by atoms with van der Waals surface area (Å²) in [5, 5.41) is 11.2. The molecule has 6 rings (SSSR count). The topological polar surface area (TPSA) is 125 Å². The van der Waals surface area contributed by atoms with Crippen LogP contribution in [0.5, 0.6) is 0 Å². The maximum Gasteiger partial charge on any atom is 0.417 e. The summed E-state index contributed by atoms with van der Waals surface area (Å²) in [7, 11) is 0. The molecule has 0 saturated heterocycles. The third-order valence-electron chi connectivity index (χ3n) is 8.01. The monoisotopic (exact) mass is 712 g/mol. The highest BCUT2D eigenvalue weighted by atomic mass is 19.4. The number of hydrogen-bond acceptors (Lipinski definition) is 7. The van der Waals surface area contributed by atoms with E-state index in [1.165, 1.54) is 51.8 Å². The number of carbonyl (C=O) groups excluding carboxylic acids is 1. The van der Waals surface area contributed by atoms with Gasteiger partial charge in [-0.05, 0) is 82.9 Å². The molecule has 268 valence electrons. The number of aromatic nitrogens is 6. The first-order chi connectivity index (χ1) is 23.7. The molecule has 2 aromatic carbocycles. The molecular formula is C35H34F6N8O2. The van der Waals surface area contributed by atoms with Crippen molar-refractivity contribution in [2.24, 2.45) is 0 Å². The molecule has 0 unspecified atom stereocenters. The quantitative estimate of drug-likeness (QED) is 0.176. The summed E-state index contributed by atoms with van der Waals surface area (Å²) in [5.74, 6) is 0.479. The van der Waals surface area contributed by atoms with Crippen LogP contribution in [0.25, 0.3) is 33.8 Å². The first-order valence-corrected chi connectivity index (χ1v) is 15.5. The lowest BCUT2D eigenvalue weighted by atomic mass is 9.99. The minimum Gasteiger partial charge on any atom is -0.444 e. The number of anilines is 2. The average molecular weight is 713 g/mol. The summed E-state index contributed by atoms with van der Waals surface area (Å²) in [5.41, 5.74) is 7.58. The van der Waals surface area contributed by atoms with Crippen LogP contribution >= 0.6 is 0 Å². The number of nitrogens with zero attached hydrogens (tertiary/aromatic N) is 6. The van der Waals surface area contributed by atoms with Crippen LogP contribution in [0, 0.1) is 27.7 Å². The molecule has 0 fully saturated rings. The molecule has 0 aliphatic carbocycles. The lowest BCUT2D eigenvalue weighted by Gasteiger charge is -2.19. The number of imidazole rings is 2. The fourth-order valence-electron chi connectivity index (χ4n) is 5.34. The Hall–Kier alpha value is -5.67. The molecular weight excluding hydrogens is 678 g/mol. The molecule has 0 aliphatic rings. The van der Waals surface area contributed by atoms with E-state index in [0.717, 1.165) is 17.7 Å². The van der Waals surface area contributed by atoms with Gasteiger partial charge in [-0.1, -0.05) is 36.4 Å². The van der Waals surface area contributed by atoms with E-state index in [0.29, 0.717) is 28.0 Å². The van der Waals surface area contributed by atoms with Gasteiger partial charge in [0.05, 0.1) is 34.9 Å². The zero-order valence-electron chi connectivity index (χ0n) is 28.6. The fraction of sp³-hybridized carbons (Fsp3) is 0.286. The van der Waals surface area contributed by atoms with Crippen LogP contribution in [0.2, 0.25) is 0 Å². The number of aryl methyl sites for hydroxylation is 2. The van der Waals surface area contributed by atoms with E-state index in [1.807, 2.05) is 0 Å². The Morgan fingerprint density at radius 2 is 1.12 bits per heavy atom. The van der Waals surface area contributed by atoms with Gasteiger partial charge < -0.3 is 10.5 Å². The van der Waals surface area contributed by atoms with Gasteiger partial charge in [-0.25, -0.2) is 14.8 Å². The molecule has 10 nitrogen and oxygen atoms in total. The van der Waals surface area contributed by atoms with E-state index >= 15 is 0 Å². The van der Waals surface area contributed by atoms with Gasteiger partial charge in [0.2, 0.25) is 0 Å². The Morgan fingerprint density at radius 3 is 1.59 bits per heavy atom. The standard InChI is InChI=1S/C20H21F3N4O2.C15H13F3N4/c1-11-12(2)17-24-10-15(25-18(28)29-19(3,4)5)27(17)26-16(11)13-8-6-7-9-14(13)20(21,22)23;1-8-9(2)14-20-7-12(19)22(14)21-13(8)10-5-3-4-6-11(10)15(16,17)18/h6-10H,1-5H3,(H,25,28);3-7H,19H2,1-2H3. The van der Waals surface area contributed by atoms with Crippen LogP contribution in [0.15, 0.2) is 60.9 Å². The van der Waals surface area contributed by atoms with E-state index in [2.05, 4.69) is 25.5 Å². The SMILES string of the molecule is Cc1c(-c2ccccc2C(F)(F)F)nn2c(N)cnc2c1C.Cc1c(-c2ccccc2C(F)(F)F)nn2c(NC(=O)OC(C)(C)C)cnc2c1C. The first kappa shape index (κ1) is 36.6. The van der Waals surface area contributed by atoms with Gasteiger partial charge in [-0.2, -0.15) is 45.6 Å². The molecule has 0 bridgehead atoms.